The van der Waals surface area contributed by atoms with Crippen molar-refractivity contribution in [3.8, 4) is 0 Å². The molecule has 156 valence electrons. The molecule has 2 fully saturated rings. The van der Waals surface area contributed by atoms with Crippen LogP contribution in [0.25, 0.3) is 0 Å². The van der Waals surface area contributed by atoms with E-state index in [0.717, 1.165) is 58.2 Å². The zero-order valence-electron chi connectivity index (χ0n) is 16.8. The number of hydrogen-bond donors (Lipinski definition) is 1. The molecule has 3 rings (SSSR count). The number of hydrogen-bond acceptors (Lipinski definition) is 4. The highest BCUT2D eigenvalue weighted by atomic mass is 32.2. The molecule has 6 nitrogen and oxygen atoms in total. The molecule has 1 aromatic rings. The summed E-state index contributed by atoms with van der Waals surface area (Å²) in [6.07, 6.45) is 6.64. The van der Waals surface area contributed by atoms with Gasteiger partial charge in [-0.1, -0.05) is 36.8 Å². The zero-order valence-corrected chi connectivity index (χ0v) is 17.7. The number of amides is 1. The van der Waals surface area contributed by atoms with E-state index in [0.29, 0.717) is 13.1 Å². The van der Waals surface area contributed by atoms with Crippen LogP contribution in [0.2, 0.25) is 0 Å². The van der Waals surface area contributed by atoms with Gasteiger partial charge in [-0.15, -0.1) is 0 Å². The van der Waals surface area contributed by atoms with E-state index in [2.05, 4.69) is 34.5 Å². The van der Waals surface area contributed by atoms with Gasteiger partial charge in [0.15, 0.2) is 0 Å². The number of nitrogens with one attached hydrogen (secondary N) is 1. The molecule has 1 aliphatic carbocycles. The number of benzene rings is 1. The van der Waals surface area contributed by atoms with Crippen LogP contribution in [0.1, 0.15) is 37.7 Å². The molecule has 1 heterocycles. The van der Waals surface area contributed by atoms with Crippen molar-refractivity contribution in [2.24, 2.45) is 5.92 Å². The minimum absolute atomic E-state index is 0.0160. The lowest BCUT2D eigenvalue weighted by atomic mass is 10.0. The fraction of sp³-hybridized carbons (Fsp3) is 0.667. The molecule has 7 heteroatoms. The third-order valence-electron chi connectivity index (χ3n) is 5.97. The molecular weight excluding hydrogens is 374 g/mol. The third kappa shape index (κ3) is 5.78. The number of carbonyl (C=O) groups is 1. The molecule has 1 saturated heterocycles. The summed E-state index contributed by atoms with van der Waals surface area (Å²) in [7, 11) is -3.32. The molecule has 28 heavy (non-hydrogen) atoms. The first-order chi connectivity index (χ1) is 13.4. The topological polar surface area (TPSA) is 69.7 Å². The predicted molar refractivity (Wildman–Crippen MR) is 112 cm³/mol. The monoisotopic (exact) mass is 407 g/mol. The SMILES string of the molecule is CS(=O)(=O)N1CCCN(CCCc2ccccc2)CCNC(=O)C2CCCC21. The third-order valence-corrected chi connectivity index (χ3v) is 7.28. The highest BCUT2D eigenvalue weighted by Gasteiger charge is 2.40. The molecule has 1 amide bonds. The van der Waals surface area contributed by atoms with E-state index in [9.17, 15) is 13.2 Å². The van der Waals surface area contributed by atoms with Crippen LogP contribution >= 0.6 is 0 Å². The normalized spacial score (nSPS) is 25.7. The van der Waals surface area contributed by atoms with E-state index in [1.54, 1.807) is 4.31 Å². The van der Waals surface area contributed by atoms with Crippen molar-refractivity contribution < 1.29 is 13.2 Å². The Kier molecular flexibility index (Phi) is 7.48. The van der Waals surface area contributed by atoms with E-state index in [1.807, 2.05) is 6.07 Å². The average molecular weight is 408 g/mol. The van der Waals surface area contributed by atoms with Gasteiger partial charge >= 0.3 is 0 Å². The lowest BCUT2D eigenvalue weighted by molar-refractivity contribution is -0.125. The summed E-state index contributed by atoms with van der Waals surface area (Å²) in [6, 6.07) is 10.3. The van der Waals surface area contributed by atoms with Crippen molar-refractivity contribution in [2.75, 3.05) is 39.0 Å². The van der Waals surface area contributed by atoms with Crippen molar-refractivity contribution in [3.05, 3.63) is 35.9 Å². The van der Waals surface area contributed by atoms with E-state index < -0.39 is 10.0 Å². The summed E-state index contributed by atoms with van der Waals surface area (Å²) in [5.41, 5.74) is 1.34. The molecule has 2 aliphatic rings. The van der Waals surface area contributed by atoms with E-state index in [1.165, 1.54) is 11.8 Å². The summed E-state index contributed by atoms with van der Waals surface area (Å²) in [4.78, 5) is 15.0. The Bertz CT molecular complexity index is 739. The standard InChI is InChI=1S/C21H33N3O3S/c1-28(26,27)24-16-7-15-23(14-6-10-18-8-3-2-4-9-18)17-13-22-21(25)19-11-5-12-20(19)24/h2-4,8-9,19-20H,5-7,10-17H2,1H3,(H,22,25). The average Bonchev–Trinajstić information content (AvgIpc) is 3.12. The fourth-order valence-corrected chi connectivity index (χ4v) is 5.78. The van der Waals surface area contributed by atoms with Gasteiger partial charge in [0.1, 0.15) is 0 Å². The second-order valence-electron chi connectivity index (χ2n) is 8.05. The number of fused-ring (bicyclic) bond motifs is 1. The van der Waals surface area contributed by atoms with E-state index in [-0.39, 0.29) is 17.9 Å². The smallest absolute Gasteiger partial charge is 0.224 e. The number of nitrogens with zero attached hydrogens (tertiary/aromatic N) is 2. The first-order valence-corrected chi connectivity index (χ1v) is 12.3. The highest BCUT2D eigenvalue weighted by molar-refractivity contribution is 7.88. The Balaban J connectivity index is 1.61. The molecule has 2 atom stereocenters. The summed E-state index contributed by atoms with van der Waals surface area (Å²) in [6.45, 7) is 3.76. The molecule has 0 bridgehead atoms. The minimum atomic E-state index is -3.32. The van der Waals surface area contributed by atoms with Gasteiger partial charge < -0.3 is 10.2 Å². The quantitative estimate of drug-likeness (QED) is 0.809. The first-order valence-electron chi connectivity index (χ1n) is 10.5. The van der Waals surface area contributed by atoms with Gasteiger partial charge in [0.05, 0.1) is 12.2 Å². The van der Waals surface area contributed by atoms with Crippen LogP contribution in [0, 0.1) is 5.92 Å². The zero-order chi connectivity index (χ0) is 20.0. The van der Waals surface area contributed by atoms with Crippen LogP contribution in [0.4, 0.5) is 0 Å². The van der Waals surface area contributed by atoms with Crippen molar-refractivity contribution in [2.45, 2.75) is 44.6 Å². The highest BCUT2D eigenvalue weighted by Crippen LogP contribution is 2.32. The maximum absolute atomic E-state index is 12.7. The van der Waals surface area contributed by atoms with Crippen molar-refractivity contribution in [3.63, 3.8) is 0 Å². The van der Waals surface area contributed by atoms with Gasteiger partial charge in [-0.05, 0) is 50.8 Å². The lowest BCUT2D eigenvalue weighted by Crippen LogP contribution is -2.47. The van der Waals surface area contributed by atoms with Crippen LogP contribution in [0.3, 0.4) is 0 Å². The first kappa shape index (κ1) is 21.3. The van der Waals surface area contributed by atoms with Gasteiger partial charge in [0.2, 0.25) is 15.9 Å². The fourth-order valence-electron chi connectivity index (χ4n) is 4.57. The molecule has 2 unspecified atom stereocenters. The van der Waals surface area contributed by atoms with E-state index >= 15 is 0 Å². The van der Waals surface area contributed by atoms with Gasteiger partial charge in [-0.2, -0.15) is 4.31 Å². The molecular formula is C21H33N3O3S. The Hall–Kier alpha value is -1.44. The predicted octanol–water partition coefficient (Wildman–Crippen LogP) is 1.87. The number of aryl methyl sites for hydroxylation is 1. The van der Waals surface area contributed by atoms with Gasteiger partial charge in [-0.3, -0.25) is 4.79 Å². The molecule has 1 aliphatic heterocycles. The van der Waals surface area contributed by atoms with Gasteiger partial charge in [0.25, 0.3) is 0 Å². The molecule has 0 aromatic heterocycles. The number of carbonyl (C=O) groups excluding carboxylic acids is 1. The molecule has 0 radical (unpaired) electrons. The minimum Gasteiger partial charge on any atom is -0.355 e. The Morgan fingerprint density at radius 1 is 1.07 bits per heavy atom. The second-order valence-corrected chi connectivity index (χ2v) is 9.99. The Labute approximate surface area is 169 Å². The van der Waals surface area contributed by atoms with Crippen molar-refractivity contribution >= 4 is 15.9 Å². The summed E-state index contributed by atoms with van der Waals surface area (Å²) >= 11 is 0. The summed E-state index contributed by atoms with van der Waals surface area (Å²) in [5, 5.41) is 3.06. The van der Waals surface area contributed by atoms with Gasteiger partial charge in [-0.25, -0.2) is 8.42 Å². The summed E-state index contributed by atoms with van der Waals surface area (Å²) in [5.74, 6) is -0.193. The Morgan fingerprint density at radius 3 is 2.61 bits per heavy atom. The largest absolute Gasteiger partial charge is 0.355 e. The van der Waals surface area contributed by atoms with Crippen molar-refractivity contribution in [1.82, 2.24) is 14.5 Å². The molecule has 0 spiro atoms. The second kappa shape index (κ2) is 9.85. The van der Waals surface area contributed by atoms with Crippen LogP contribution < -0.4 is 5.32 Å². The van der Waals surface area contributed by atoms with Crippen LogP contribution in [0.15, 0.2) is 30.3 Å². The lowest BCUT2D eigenvalue weighted by Gasteiger charge is -2.30. The Morgan fingerprint density at radius 2 is 1.86 bits per heavy atom. The summed E-state index contributed by atoms with van der Waals surface area (Å²) < 4.78 is 26.3. The van der Waals surface area contributed by atoms with Crippen LogP contribution in [-0.2, 0) is 21.2 Å². The van der Waals surface area contributed by atoms with Crippen molar-refractivity contribution in [1.29, 1.82) is 0 Å². The van der Waals surface area contributed by atoms with Crippen LogP contribution in [-0.4, -0.2) is 68.6 Å². The number of rotatable bonds is 5. The molecule has 1 saturated carbocycles. The van der Waals surface area contributed by atoms with E-state index in [4.69, 9.17) is 0 Å². The van der Waals surface area contributed by atoms with Gasteiger partial charge in [0, 0.05) is 25.7 Å². The molecule has 1 aromatic carbocycles. The number of sulfonamides is 1. The van der Waals surface area contributed by atoms with Crippen LogP contribution in [0.5, 0.6) is 0 Å². The maximum Gasteiger partial charge on any atom is 0.224 e. The maximum atomic E-state index is 12.7. The molecule has 1 N–H and O–H groups in total.